The van der Waals surface area contributed by atoms with Crippen LogP contribution in [-0.2, 0) is 4.79 Å². The number of hydrogen-bond acceptors (Lipinski definition) is 7. The van der Waals surface area contributed by atoms with Crippen LogP contribution in [0.25, 0.3) is 0 Å². The maximum absolute atomic E-state index is 11.8. The molecule has 38 heavy (non-hydrogen) atoms. The third-order valence-corrected chi connectivity index (χ3v) is 7.41. The number of hydrogen-bond donors (Lipinski definition) is 2. The topological polar surface area (TPSA) is 112 Å². The highest BCUT2D eigenvalue weighted by molar-refractivity contribution is 14.2. The normalized spacial score (nSPS) is 12.6. The number of ether oxygens (including phenoxy) is 2. The minimum absolute atomic E-state index is 0.0663. The zero-order valence-electron chi connectivity index (χ0n) is 21.5. The van der Waals surface area contributed by atoms with Gasteiger partial charge in [0, 0.05) is 28.6 Å². The molecule has 1 aromatic heterocycles. The number of allylic oxidation sites excluding steroid dienone is 2. The molecule has 0 saturated carbocycles. The smallest absolute Gasteiger partial charge is 0.245 e. The van der Waals surface area contributed by atoms with Gasteiger partial charge in [0.2, 0.25) is 5.91 Å². The van der Waals surface area contributed by atoms with Crippen LogP contribution in [0.5, 0.6) is 11.5 Å². The highest BCUT2D eigenvalue weighted by Crippen LogP contribution is 2.27. The molecule has 0 aliphatic carbocycles. The van der Waals surface area contributed by atoms with E-state index in [4.69, 9.17) is 14.9 Å². The van der Waals surface area contributed by atoms with Gasteiger partial charge in [-0.2, -0.15) is 0 Å². The largest absolute Gasteiger partial charge is 0.492 e. The van der Waals surface area contributed by atoms with E-state index in [1.807, 2.05) is 42.2 Å². The summed E-state index contributed by atoms with van der Waals surface area (Å²) in [5.41, 5.74) is 2.61. The lowest BCUT2D eigenvalue weighted by Gasteiger charge is -2.19. The van der Waals surface area contributed by atoms with Gasteiger partial charge in [-0.05, 0) is 68.3 Å². The summed E-state index contributed by atoms with van der Waals surface area (Å²) in [5, 5.41) is 10.3. The zero-order chi connectivity index (χ0) is 27.3. The summed E-state index contributed by atoms with van der Waals surface area (Å²) in [7, 11) is 0. The van der Waals surface area contributed by atoms with Gasteiger partial charge in [-0.25, -0.2) is 15.0 Å². The molecule has 0 atom stereocenters. The summed E-state index contributed by atoms with van der Waals surface area (Å²) in [5.74, 6) is 2.54. The molecule has 1 aliphatic heterocycles. The van der Waals surface area contributed by atoms with Crippen LogP contribution in [0.2, 0.25) is 0 Å². The van der Waals surface area contributed by atoms with Crippen LogP contribution in [-0.4, -0.2) is 58.0 Å². The molecule has 198 valence electrons. The van der Waals surface area contributed by atoms with Gasteiger partial charge < -0.3 is 19.7 Å². The summed E-state index contributed by atoms with van der Waals surface area (Å²) >= 11 is -0.420. The number of fused-ring (bicyclic) bond motifs is 1. The van der Waals surface area contributed by atoms with E-state index in [-0.39, 0.29) is 5.91 Å². The highest BCUT2D eigenvalue weighted by atomic mass is 127. The van der Waals surface area contributed by atoms with Crippen molar-refractivity contribution in [2.24, 2.45) is 9.98 Å². The van der Waals surface area contributed by atoms with Gasteiger partial charge in [0.05, 0.1) is 16.9 Å². The van der Waals surface area contributed by atoms with Crippen molar-refractivity contribution in [2.75, 3.05) is 25.0 Å². The van der Waals surface area contributed by atoms with Crippen LogP contribution in [0.4, 0.5) is 5.69 Å². The van der Waals surface area contributed by atoms with Crippen molar-refractivity contribution < 1.29 is 14.3 Å². The number of nitrogens with one attached hydrogen (secondary N) is 2. The first kappa shape index (κ1) is 28.6. The van der Waals surface area contributed by atoms with Crippen molar-refractivity contribution in [3.05, 3.63) is 82.4 Å². The second-order valence-electron chi connectivity index (χ2n) is 7.92. The Morgan fingerprint density at radius 1 is 1.29 bits per heavy atom. The Morgan fingerprint density at radius 2 is 2.13 bits per heavy atom. The first-order valence-electron chi connectivity index (χ1n) is 12.0. The monoisotopic (exact) mass is 626 g/mol. The molecule has 1 aliphatic rings. The number of halogens is 1. The summed E-state index contributed by atoms with van der Waals surface area (Å²) in [6.07, 6.45) is 9.43. The Kier molecular flexibility index (Phi) is 11.1. The van der Waals surface area contributed by atoms with Crippen LogP contribution in [0.1, 0.15) is 24.6 Å². The average molecular weight is 626 g/mol. The molecule has 2 aromatic rings. The molecule has 1 amide bonds. The molecule has 0 spiro atoms. The van der Waals surface area contributed by atoms with E-state index in [2.05, 4.69) is 33.4 Å². The van der Waals surface area contributed by atoms with Crippen LogP contribution in [0, 0.1) is 15.9 Å². The van der Waals surface area contributed by atoms with Crippen molar-refractivity contribution in [1.82, 2.24) is 9.88 Å². The average Bonchev–Trinajstić information content (AvgIpc) is 2.93. The molecular formula is C28H31IN6O3. The van der Waals surface area contributed by atoms with Crippen molar-refractivity contribution in [2.45, 2.75) is 20.3 Å². The van der Waals surface area contributed by atoms with Gasteiger partial charge in [-0.3, -0.25) is 10.2 Å². The fourth-order valence-electron chi connectivity index (χ4n) is 3.44. The fraction of sp³-hybridized carbons (Fsp3) is 0.214. The van der Waals surface area contributed by atoms with Crippen molar-refractivity contribution >= 4 is 54.8 Å². The van der Waals surface area contributed by atoms with E-state index < -0.39 is 20.7 Å². The molecule has 2 N–H and O–H groups in total. The number of nitrogens with zero attached hydrogens (tertiary/aromatic N) is 4. The van der Waals surface area contributed by atoms with Crippen molar-refractivity contribution in [3.63, 3.8) is 0 Å². The predicted molar refractivity (Wildman–Crippen MR) is 163 cm³/mol. The number of aryl methyl sites for hydroxylation is 1. The SMILES string of the molecule is C=CC(=O)N(CC)CCCOc1cnc2c(c1)I=CN=C2Nc1ccc(O/C(C=C)=C/C=NC=N)c(C)c1. The number of amidine groups is 1. The second kappa shape index (κ2) is 14.7. The second-order valence-corrected chi connectivity index (χ2v) is 10.3. The van der Waals surface area contributed by atoms with E-state index >= 15 is 0 Å². The minimum atomic E-state index is -0.420. The van der Waals surface area contributed by atoms with Crippen molar-refractivity contribution in [1.29, 1.82) is 5.41 Å². The van der Waals surface area contributed by atoms with Gasteiger partial charge >= 0.3 is 0 Å². The quantitative estimate of drug-likeness (QED) is 0.0612. The van der Waals surface area contributed by atoms with E-state index in [0.717, 1.165) is 33.3 Å². The molecule has 10 heteroatoms. The molecule has 1 aromatic carbocycles. The number of likely N-dealkylation sites (N-methyl/N-ethyl adjacent to an activating group) is 1. The fourth-order valence-corrected chi connectivity index (χ4v) is 5.34. The molecule has 9 nitrogen and oxygen atoms in total. The standard InChI is InChI=1S/C28H31IN6O3/c1-5-22(11-12-31-19-30)38-25-10-9-21(15-20(25)4)34-28-27-24(29-18-33-28)16-23(17-32-27)37-14-8-13-35(7-3)26(36)6-2/h5-6,9-12,15-19,30H,1-2,7-8,13-14H2,3-4H3,(H,33,34)/b22-11+,30-19?,31-12?. The Labute approximate surface area is 233 Å². The Morgan fingerprint density at radius 3 is 2.84 bits per heavy atom. The number of carbonyl (C=O) groups excluding carboxylic acids is 1. The first-order chi connectivity index (χ1) is 18.5. The lowest BCUT2D eigenvalue weighted by atomic mass is 10.2. The number of pyridine rings is 1. The highest BCUT2D eigenvalue weighted by Gasteiger charge is 2.16. The van der Waals surface area contributed by atoms with Crippen molar-refractivity contribution in [3.8, 4) is 11.5 Å². The van der Waals surface area contributed by atoms with E-state index in [1.165, 1.54) is 12.3 Å². The molecular weight excluding hydrogens is 595 g/mol. The third kappa shape index (κ3) is 8.04. The maximum Gasteiger partial charge on any atom is 0.245 e. The number of rotatable bonds is 13. The predicted octanol–water partition coefficient (Wildman–Crippen LogP) is 5.09. The van der Waals surface area contributed by atoms with Crippen LogP contribution >= 0.6 is 20.7 Å². The molecule has 0 fully saturated rings. The molecule has 0 radical (unpaired) electrons. The van der Waals surface area contributed by atoms with E-state index in [1.54, 1.807) is 23.2 Å². The summed E-state index contributed by atoms with van der Waals surface area (Å²) in [6.45, 7) is 13.0. The molecule has 2 heterocycles. The van der Waals surface area contributed by atoms with Crippen LogP contribution in [0.15, 0.2) is 77.6 Å². The molecule has 0 saturated heterocycles. The number of anilines is 1. The molecule has 3 rings (SSSR count). The Hall–Kier alpha value is -3.93. The van der Waals surface area contributed by atoms with Gasteiger partial charge in [0.1, 0.15) is 29.3 Å². The number of benzene rings is 1. The van der Waals surface area contributed by atoms with Gasteiger partial charge in [0.15, 0.2) is 5.84 Å². The van der Waals surface area contributed by atoms with Crippen LogP contribution < -0.4 is 14.8 Å². The summed E-state index contributed by atoms with van der Waals surface area (Å²) in [4.78, 5) is 26.4. The Balaban J connectivity index is 1.63. The summed E-state index contributed by atoms with van der Waals surface area (Å²) in [6, 6.07) is 7.79. The number of amides is 1. The van der Waals surface area contributed by atoms with Gasteiger partial charge in [-0.15, -0.1) is 0 Å². The third-order valence-electron chi connectivity index (χ3n) is 5.36. The lowest BCUT2D eigenvalue weighted by molar-refractivity contribution is -0.125. The summed E-state index contributed by atoms with van der Waals surface area (Å²) < 4.78 is 14.9. The minimum Gasteiger partial charge on any atom is -0.492 e. The lowest BCUT2D eigenvalue weighted by Crippen LogP contribution is -2.30. The first-order valence-corrected chi connectivity index (χ1v) is 14.3. The van der Waals surface area contributed by atoms with E-state index in [9.17, 15) is 4.79 Å². The van der Waals surface area contributed by atoms with E-state index in [0.29, 0.717) is 42.8 Å². The molecule has 0 unspecified atom stereocenters. The van der Waals surface area contributed by atoms with Gasteiger partial charge in [0.25, 0.3) is 0 Å². The van der Waals surface area contributed by atoms with Crippen LogP contribution in [0.3, 0.4) is 0 Å². The number of aliphatic imine (C=N–C) groups is 2. The maximum atomic E-state index is 11.8. The van der Waals surface area contributed by atoms with Gasteiger partial charge in [-0.1, -0.05) is 33.9 Å². The zero-order valence-corrected chi connectivity index (χ0v) is 23.6. The molecule has 0 bridgehead atoms. The Bertz CT molecular complexity index is 1320. The number of aromatic nitrogens is 1. The number of carbonyl (C=O) groups is 1.